The Bertz CT molecular complexity index is 656. The molecule has 1 saturated carbocycles. The average Bonchev–Trinajstić information content (AvgIpc) is 3.37. The van der Waals surface area contributed by atoms with Crippen molar-refractivity contribution in [2.45, 2.75) is 36.2 Å². The summed E-state index contributed by atoms with van der Waals surface area (Å²) in [6.45, 7) is 4.35. The fourth-order valence-corrected chi connectivity index (χ4v) is 7.48. The van der Waals surface area contributed by atoms with Crippen molar-refractivity contribution in [3.05, 3.63) is 30.3 Å². The van der Waals surface area contributed by atoms with Crippen LogP contribution >= 0.6 is 0 Å². The number of esters is 1. The van der Waals surface area contributed by atoms with Gasteiger partial charge in [0.2, 0.25) is 0 Å². The molecule has 1 spiro atoms. The van der Waals surface area contributed by atoms with E-state index in [0.29, 0.717) is 39.3 Å². The second-order valence-corrected chi connectivity index (χ2v) is 10.3. The quantitative estimate of drug-likeness (QED) is 0.522. The Balaban J connectivity index is 1.70. The van der Waals surface area contributed by atoms with E-state index in [1.54, 1.807) is 0 Å². The Labute approximate surface area is 166 Å². The number of rotatable bonds is 4. The van der Waals surface area contributed by atoms with Gasteiger partial charge in [-0.05, 0) is 0 Å². The molecular weight excluding hydrogens is 415 g/mol. The molecule has 3 aliphatic rings. The Morgan fingerprint density at radius 1 is 1.07 bits per heavy atom. The van der Waals surface area contributed by atoms with Crippen LogP contribution in [0.25, 0.3) is 0 Å². The van der Waals surface area contributed by atoms with Crippen LogP contribution in [0.1, 0.15) is 19.8 Å². The predicted molar refractivity (Wildman–Crippen MR) is 98.8 cm³/mol. The van der Waals surface area contributed by atoms with Crippen LogP contribution in [0, 0.1) is 11.8 Å². The summed E-state index contributed by atoms with van der Waals surface area (Å²) >= 11 is -0.0994. The monoisotopic (exact) mass is 442 g/mol. The van der Waals surface area contributed by atoms with Gasteiger partial charge in [-0.2, -0.15) is 0 Å². The Kier molecular flexibility index (Phi) is 5.61. The molecule has 1 unspecified atom stereocenters. The molecule has 2 saturated heterocycles. The summed E-state index contributed by atoms with van der Waals surface area (Å²) in [5, 5.41) is 0. The first-order valence-electron chi connectivity index (χ1n) is 9.43. The number of carbonyl (C=O) groups is 1. The number of ether oxygens (including phenoxy) is 5. The van der Waals surface area contributed by atoms with Gasteiger partial charge < -0.3 is 0 Å². The molecular formula is C20H26O6Se. The fraction of sp³-hybridized carbons (Fsp3) is 0.650. The number of methoxy groups -OCH3 is 1. The number of benzene rings is 1. The maximum atomic E-state index is 13.1. The van der Waals surface area contributed by atoms with E-state index in [4.69, 9.17) is 23.7 Å². The summed E-state index contributed by atoms with van der Waals surface area (Å²) in [6.07, 6.45) is 0.788. The van der Waals surface area contributed by atoms with Gasteiger partial charge >= 0.3 is 166 Å². The second kappa shape index (κ2) is 7.82. The summed E-state index contributed by atoms with van der Waals surface area (Å²) in [4.78, 5) is 13.1. The van der Waals surface area contributed by atoms with Crippen LogP contribution < -0.4 is 4.46 Å². The normalized spacial score (nSPS) is 33.4. The molecule has 0 N–H and O–H groups in total. The second-order valence-electron chi connectivity index (χ2n) is 7.33. The van der Waals surface area contributed by atoms with Crippen LogP contribution in [0.2, 0.25) is 4.31 Å². The first-order valence-corrected chi connectivity index (χ1v) is 11.1. The van der Waals surface area contributed by atoms with Crippen LogP contribution in [0.5, 0.6) is 0 Å². The molecule has 1 aliphatic carbocycles. The summed E-state index contributed by atoms with van der Waals surface area (Å²) in [5.41, 5.74) is 0. The first-order chi connectivity index (χ1) is 13.1. The number of hydrogen-bond donors (Lipinski definition) is 0. The fourth-order valence-electron chi connectivity index (χ4n) is 4.48. The zero-order valence-electron chi connectivity index (χ0n) is 15.7. The molecule has 0 bridgehead atoms. The van der Waals surface area contributed by atoms with Crippen molar-refractivity contribution in [2.24, 2.45) is 11.8 Å². The van der Waals surface area contributed by atoms with Crippen LogP contribution in [-0.4, -0.2) is 66.5 Å². The standard InChI is InChI=1S/C20H26O6Se/c1-14-12-20(25-10-11-26-20)16(17-23-8-9-24-17)13-19(14,18(21)22-2)27-15-6-4-3-5-7-15/h3-7,14,16-17H,8-13H2,1-2H3/t14-,16+,19?/m1/s1. The molecule has 0 amide bonds. The zero-order valence-corrected chi connectivity index (χ0v) is 17.4. The van der Waals surface area contributed by atoms with Crippen molar-refractivity contribution >= 4 is 25.4 Å². The van der Waals surface area contributed by atoms with Crippen molar-refractivity contribution in [3.8, 4) is 0 Å². The summed E-state index contributed by atoms with van der Waals surface area (Å²) in [6, 6.07) is 10.2. The van der Waals surface area contributed by atoms with Gasteiger partial charge in [-0.25, -0.2) is 0 Å². The summed E-state index contributed by atoms with van der Waals surface area (Å²) in [7, 11) is 1.47. The van der Waals surface area contributed by atoms with Crippen LogP contribution in [-0.2, 0) is 28.5 Å². The van der Waals surface area contributed by atoms with Crippen molar-refractivity contribution in [1.82, 2.24) is 0 Å². The van der Waals surface area contributed by atoms with E-state index in [2.05, 4.69) is 19.1 Å². The van der Waals surface area contributed by atoms with Gasteiger partial charge in [-0.3, -0.25) is 0 Å². The Morgan fingerprint density at radius 3 is 2.37 bits per heavy atom. The molecule has 1 aromatic rings. The molecule has 2 heterocycles. The molecule has 0 aromatic heterocycles. The molecule has 1 aromatic carbocycles. The third-order valence-corrected chi connectivity index (χ3v) is 9.17. The summed E-state index contributed by atoms with van der Waals surface area (Å²) in [5.74, 6) is -1.00. The van der Waals surface area contributed by atoms with E-state index in [-0.39, 0.29) is 32.8 Å². The predicted octanol–water partition coefficient (Wildman–Crippen LogP) is 1.51. The molecule has 4 rings (SSSR count). The first kappa shape index (κ1) is 19.4. The van der Waals surface area contributed by atoms with E-state index in [0.717, 1.165) is 0 Å². The average molecular weight is 441 g/mol. The molecule has 3 fully saturated rings. The molecule has 6 nitrogen and oxygen atoms in total. The van der Waals surface area contributed by atoms with Crippen molar-refractivity contribution < 1.29 is 28.5 Å². The maximum absolute atomic E-state index is 13.1. The van der Waals surface area contributed by atoms with Gasteiger partial charge in [0.15, 0.2) is 0 Å². The van der Waals surface area contributed by atoms with E-state index >= 15 is 0 Å². The minimum atomic E-state index is -0.737. The molecule has 7 heteroatoms. The van der Waals surface area contributed by atoms with Crippen molar-refractivity contribution in [3.63, 3.8) is 0 Å². The van der Waals surface area contributed by atoms with E-state index in [1.807, 2.05) is 18.2 Å². The summed E-state index contributed by atoms with van der Waals surface area (Å²) < 4.78 is 29.8. The Hall–Kier alpha value is -0.951. The van der Waals surface area contributed by atoms with Gasteiger partial charge in [0.25, 0.3) is 0 Å². The van der Waals surface area contributed by atoms with Gasteiger partial charge in [0.1, 0.15) is 0 Å². The third-order valence-electron chi connectivity index (χ3n) is 5.80. The van der Waals surface area contributed by atoms with Gasteiger partial charge in [-0.1, -0.05) is 0 Å². The van der Waals surface area contributed by atoms with Gasteiger partial charge in [-0.15, -0.1) is 0 Å². The molecule has 0 radical (unpaired) electrons. The van der Waals surface area contributed by atoms with Gasteiger partial charge in [0.05, 0.1) is 0 Å². The molecule has 148 valence electrons. The third kappa shape index (κ3) is 3.46. The SMILES string of the molecule is COC(=O)C1([Se]c2ccccc2)C[C@@H](C2OCCO2)C2(C[C@H]1C)OCCO2. The van der Waals surface area contributed by atoms with E-state index < -0.39 is 16.4 Å². The topological polar surface area (TPSA) is 63.2 Å². The Morgan fingerprint density at radius 2 is 1.74 bits per heavy atom. The molecule has 3 atom stereocenters. The van der Waals surface area contributed by atoms with Gasteiger partial charge in [0, 0.05) is 0 Å². The van der Waals surface area contributed by atoms with Crippen LogP contribution in [0.4, 0.5) is 0 Å². The molecule has 27 heavy (non-hydrogen) atoms. The zero-order chi connectivity index (χ0) is 18.9. The van der Waals surface area contributed by atoms with Crippen molar-refractivity contribution in [2.75, 3.05) is 33.5 Å². The van der Waals surface area contributed by atoms with Crippen LogP contribution in [0.3, 0.4) is 0 Å². The van der Waals surface area contributed by atoms with Crippen LogP contribution in [0.15, 0.2) is 30.3 Å². The molecule has 2 aliphatic heterocycles. The minimum absolute atomic E-state index is 0.0564. The van der Waals surface area contributed by atoms with Crippen molar-refractivity contribution in [1.29, 1.82) is 0 Å². The number of carbonyl (C=O) groups excluding carboxylic acids is 1. The van der Waals surface area contributed by atoms with E-state index in [1.165, 1.54) is 11.6 Å². The van der Waals surface area contributed by atoms with E-state index in [9.17, 15) is 4.79 Å². The number of hydrogen-bond acceptors (Lipinski definition) is 6.